The van der Waals surface area contributed by atoms with E-state index in [9.17, 15) is 13.9 Å². The highest BCUT2D eigenvalue weighted by atomic mass is 79.9. The maximum Gasteiger partial charge on any atom is 0.143 e. The minimum atomic E-state index is -1.00. The molecule has 1 aromatic heterocycles. The molecule has 96 valence electrons. The van der Waals surface area contributed by atoms with Crippen LogP contribution in [0.15, 0.2) is 28.9 Å². The van der Waals surface area contributed by atoms with Crippen LogP contribution in [0.1, 0.15) is 17.4 Å². The zero-order chi connectivity index (χ0) is 13.3. The first-order valence-corrected chi connectivity index (χ1v) is 6.08. The summed E-state index contributed by atoms with van der Waals surface area (Å²) in [5.74, 6) is -1.35. The molecule has 0 saturated heterocycles. The molecule has 1 heterocycles. The molecule has 2 aromatic rings. The van der Waals surface area contributed by atoms with Gasteiger partial charge in [0.1, 0.15) is 11.6 Å². The summed E-state index contributed by atoms with van der Waals surface area (Å²) in [6.07, 6.45) is 0.374. The monoisotopic (exact) mass is 316 g/mol. The summed E-state index contributed by atoms with van der Waals surface area (Å²) >= 11 is 2.99. The minimum Gasteiger partial charge on any atom is -0.386 e. The lowest BCUT2D eigenvalue weighted by molar-refractivity contribution is 0.166. The number of halogens is 3. The Bertz CT molecular complexity index is 571. The molecule has 0 bridgehead atoms. The number of aryl methyl sites for hydroxylation is 1. The van der Waals surface area contributed by atoms with Gasteiger partial charge in [0, 0.05) is 25.2 Å². The van der Waals surface area contributed by atoms with E-state index >= 15 is 0 Å². The summed E-state index contributed by atoms with van der Waals surface area (Å²) in [5, 5.41) is 13.9. The second-order valence-electron chi connectivity index (χ2n) is 3.92. The van der Waals surface area contributed by atoms with E-state index in [-0.39, 0.29) is 16.5 Å². The van der Waals surface area contributed by atoms with Gasteiger partial charge in [-0.1, -0.05) is 0 Å². The molecule has 1 unspecified atom stereocenters. The fourth-order valence-corrected chi connectivity index (χ4v) is 2.14. The van der Waals surface area contributed by atoms with Gasteiger partial charge in [-0.2, -0.15) is 5.10 Å². The molecule has 1 aromatic carbocycles. The highest BCUT2D eigenvalue weighted by Crippen LogP contribution is 2.26. The van der Waals surface area contributed by atoms with Crippen molar-refractivity contribution in [2.24, 2.45) is 7.05 Å². The summed E-state index contributed by atoms with van der Waals surface area (Å²) in [4.78, 5) is 0. The molecule has 0 aliphatic rings. The van der Waals surface area contributed by atoms with E-state index in [4.69, 9.17) is 0 Å². The molecule has 2 rings (SSSR count). The Hall–Kier alpha value is -1.27. The lowest BCUT2D eigenvalue weighted by Gasteiger charge is -2.13. The van der Waals surface area contributed by atoms with Gasteiger partial charge in [0.05, 0.1) is 16.3 Å². The summed E-state index contributed by atoms with van der Waals surface area (Å²) < 4.78 is 28.9. The van der Waals surface area contributed by atoms with Gasteiger partial charge >= 0.3 is 0 Å². The molecule has 6 heteroatoms. The molecule has 0 saturated carbocycles. The van der Waals surface area contributed by atoms with Crippen LogP contribution < -0.4 is 0 Å². The molecule has 0 aliphatic carbocycles. The van der Waals surface area contributed by atoms with Crippen LogP contribution in [0.3, 0.4) is 0 Å². The number of aliphatic hydroxyl groups excluding tert-OH is 1. The Labute approximate surface area is 111 Å². The van der Waals surface area contributed by atoms with Crippen molar-refractivity contribution in [1.82, 2.24) is 9.78 Å². The largest absolute Gasteiger partial charge is 0.386 e. The summed E-state index contributed by atoms with van der Waals surface area (Å²) in [5.41, 5.74) is 0.367. The van der Waals surface area contributed by atoms with Crippen LogP contribution >= 0.6 is 15.9 Å². The second kappa shape index (κ2) is 5.16. The fraction of sp³-hybridized carbons (Fsp3) is 0.250. The Morgan fingerprint density at radius 1 is 1.39 bits per heavy atom. The molecule has 0 aliphatic heterocycles. The molecule has 0 radical (unpaired) electrons. The number of rotatable bonds is 3. The van der Waals surface area contributed by atoms with E-state index in [1.807, 2.05) is 0 Å². The van der Waals surface area contributed by atoms with Crippen molar-refractivity contribution in [3.8, 4) is 0 Å². The third-order valence-electron chi connectivity index (χ3n) is 2.74. The number of nitrogens with zero attached hydrogens (tertiary/aromatic N) is 2. The lowest BCUT2D eigenvalue weighted by atomic mass is 10.0. The van der Waals surface area contributed by atoms with Crippen molar-refractivity contribution in [3.05, 3.63) is 51.8 Å². The predicted molar refractivity (Wildman–Crippen MR) is 65.9 cm³/mol. The van der Waals surface area contributed by atoms with Gasteiger partial charge in [-0.05, 0) is 34.1 Å². The molecule has 3 nitrogen and oxygen atoms in total. The van der Waals surface area contributed by atoms with E-state index in [2.05, 4.69) is 21.0 Å². The lowest BCUT2D eigenvalue weighted by Crippen LogP contribution is -2.10. The quantitative estimate of drug-likeness (QED) is 0.884. The minimum absolute atomic E-state index is 0.141. The molecular formula is C12H11BrF2N2O. The Morgan fingerprint density at radius 3 is 2.72 bits per heavy atom. The number of hydrogen-bond donors (Lipinski definition) is 1. The zero-order valence-electron chi connectivity index (χ0n) is 9.57. The standard InChI is InChI=1S/C12H11BrF2N2O/c1-17-10(4-5-16-17)11(18)6-7-9(14)3-2-8(13)12(7)15/h2-5,11,18H,6H2,1H3. The summed E-state index contributed by atoms with van der Waals surface area (Å²) in [7, 11) is 1.66. The Balaban J connectivity index is 2.30. The smallest absolute Gasteiger partial charge is 0.143 e. The van der Waals surface area contributed by atoms with Gasteiger partial charge in [-0.25, -0.2) is 8.78 Å². The normalized spacial score (nSPS) is 12.7. The van der Waals surface area contributed by atoms with Gasteiger partial charge in [-0.15, -0.1) is 0 Å². The first kappa shape index (κ1) is 13.2. The Kier molecular flexibility index (Phi) is 3.77. The van der Waals surface area contributed by atoms with E-state index in [1.54, 1.807) is 13.1 Å². The third-order valence-corrected chi connectivity index (χ3v) is 3.35. The van der Waals surface area contributed by atoms with Crippen LogP contribution in [0.25, 0.3) is 0 Å². The Morgan fingerprint density at radius 2 is 2.11 bits per heavy atom. The molecule has 1 N–H and O–H groups in total. The number of benzene rings is 1. The summed E-state index contributed by atoms with van der Waals surface area (Å²) in [6.45, 7) is 0. The van der Waals surface area contributed by atoms with Crippen LogP contribution in [0.5, 0.6) is 0 Å². The van der Waals surface area contributed by atoms with E-state index in [1.165, 1.54) is 23.0 Å². The number of hydrogen-bond acceptors (Lipinski definition) is 2. The molecule has 1 atom stereocenters. The maximum absolute atomic E-state index is 13.7. The highest BCUT2D eigenvalue weighted by Gasteiger charge is 2.19. The van der Waals surface area contributed by atoms with Crippen molar-refractivity contribution >= 4 is 15.9 Å². The van der Waals surface area contributed by atoms with Crippen LogP contribution in [-0.4, -0.2) is 14.9 Å². The van der Waals surface area contributed by atoms with E-state index < -0.39 is 17.7 Å². The first-order valence-electron chi connectivity index (χ1n) is 5.29. The van der Waals surface area contributed by atoms with Crippen molar-refractivity contribution < 1.29 is 13.9 Å². The van der Waals surface area contributed by atoms with Crippen LogP contribution in [0.4, 0.5) is 8.78 Å². The average molecular weight is 317 g/mol. The topological polar surface area (TPSA) is 38.0 Å². The zero-order valence-corrected chi connectivity index (χ0v) is 11.2. The van der Waals surface area contributed by atoms with E-state index in [0.29, 0.717) is 5.69 Å². The van der Waals surface area contributed by atoms with Crippen molar-refractivity contribution in [1.29, 1.82) is 0 Å². The molecule has 0 spiro atoms. The molecular weight excluding hydrogens is 306 g/mol. The number of aromatic nitrogens is 2. The highest BCUT2D eigenvalue weighted by molar-refractivity contribution is 9.10. The second-order valence-corrected chi connectivity index (χ2v) is 4.78. The van der Waals surface area contributed by atoms with E-state index in [0.717, 1.165) is 0 Å². The average Bonchev–Trinajstić information content (AvgIpc) is 2.76. The van der Waals surface area contributed by atoms with Gasteiger partial charge in [-0.3, -0.25) is 4.68 Å². The molecule has 0 amide bonds. The molecule has 18 heavy (non-hydrogen) atoms. The van der Waals surface area contributed by atoms with Crippen molar-refractivity contribution in [2.75, 3.05) is 0 Å². The van der Waals surface area contributed by atoms with Crippen molar-refractivity contribution in [2.45, 2.75) is 12.5 Å². The van der Waals surface area contributed by atoms with Gasteiger partial charge < -0.3 is 5.11 Å². The van der Waals surface area contributed by atoms with Gasteiger partial charge in [0.2, 0.25) is 0 Å². The van der Waals surface area contributed by atoms with Crippen LogP contribution in [0, 0.1) is 11.6 Å². The number of aliphatic hydroxyl groups is 1. The van der Waals surface area contributed by atoms with Crippen LogP contribution in [-0.2, 0) is 13.5 Å². The van der Waals surface area contributed by atoms with Crippen molar-refractivity contribution in [3.63, 3.8) is 0 Å². The van der Waals surface area contributed by atoms with Gasteiger partial charge in [0.25, 0.3) is 0 Å². The molecule has 0 fully saturated rings. The predicted octanol–water partition coefficient (Wildman–Crippen LogP) is 2.74. The third kappa shape index (κ3) is 2.44. The fourth-order valence-electron chi connectivity index (χ4n) is 1.77. The summed E-state index contributed by atoms with van der Waals surface area (Å²) in [6, 6.07) is 4.07. The van der Waals surface area contributed by atoms with Gasteiger partial charge in [0.15, 0.2) is 0 Å². The first-order chi connectivity index (χ1) is 8.50. The maximum atomic E-state index is 13.7. The SMILES string of the molecule is Cn1nccc1C(O)Cc1c(F)ccc(Br)c1F. The van der Waals surface area contributed by atoms with Crippen LogP contribution in [0.2, 0.25) is 0 Å².